The Morgan fingerprint density at radius 3 is 2.79 bits per heavy atom. The van der Waals surface area contributed by atoms with Gasteiger partial charge in [-0.25, -0.2) is 10.8 Å². The number of nitrogens with two attached hydrogens (primary N) is 1. The second kappa shape index (κ2) is 5.81. The van der Waals surface area contributed by atoms with E-state index in [4.69, 9.17) is 10.6 Å². The standard InChI is InChI=1S/C11H17N5O3/c1-19-9-3-2-7(4-9)13-10-5-8(16(17)18)6-11(14-10)15-12/h5-7,9H,2-4,12H2,1H3,(H2,13,14,15). The molecule has 1 saturated carbocycles. The summed E-state index contributed by atoms with van der Waals surface area (Å²) in [4.78, 5) is 14.5. The molecule has 1 aromatic rings. The summed E-state index contributed by atoms with van der Waals surface area (Å²) in [7, 11) is 1.69. The Morgan fingerprint density at radius 2 is 2.21 bits per heavy atom. The van der Waals surface area contributed by atoms with Crippen LogP contribution < -0.4 is 16.6 Å². The highest BCUT2D eigenvalue weighted by Gasteiger charge is 2.25. The predicted molar refractivity (Wildman–Crippen MR) is 70.8 cm³/mol. The van der Waals surface area contributed by atoms with Crippen LogP contribution in [0.25, 0.3) is 0 Å². The smallest absolute Gasteiger partial charge is 0.276 e. The van der Waals surface area contributed by atoms with E-state index in [1.165, 1.54) is 12.1 Å². The maximum absolute atomic E-state index is 10.8. The largest absolute Gasteiger partial charge is 0.381 e. The maximum atomic E-state index is 10.8. The molecule has 0 aliphatic heterocycles. The SMILES string of the molecule is COC1CCC(Nc2cc([N+](=O)[O-])cc(NN)n2)C1. The van der Waals surface area contributed by atoms with Crippen LogP contribution in [0.1, 0.15) is 19.3 Å². The molecule has 2 rings (SSSR count). The third kappa shape index (κ3) is 3.30. The van der Waals surface area contributed by atoms with Crippen molar-refractivity contribution in [2.75, 3.05) is 17.9 Å². The molecule has 2 atom stereocenters. The van der Waals surface area contributed by atoms with E-state index >= 15 is 0 Å². The Kier molecular flexibility index (Phi) is 4.13. The number of nitrogens with zero attached hydrogens (tertiary/aromatic N) is 2. The molecule has 1 aliphatic rings. The lowest BCUT2D eigenvalue weighted by Gasteiger charge is -2.14. The zero-order valence-corrected chi connectivity index (χ0v) is 10.6. The van der Waals surface area contributed by atoms with Crippen LogP contribution in [0.3, 0.4) is 0 Å². The van der Waals surface area contributed by atoms with Gasteiger partial charge in [0.25, 0.3) is 5.69 Å². The van der Waals surface area contributed by atoms with Crippen molar-refractivity contribution >= 4 is 17.3 Å². The molecule has 0 amide bonds. The second-order valence-corrected chi connectivity index (χ2v) is 4.51. The Morgan fingerprint density at radius 1 is 1.47 bits per heavy atom. The summed E-state index contributed by atoms with van der Waals surface area (Å²) < 4.78 is 5.28. The molecule has 1 aromatic heterocycles. The molecule has 8 nitrogen and oxygen atoms in total. The Balaban J connectivity index is 2.11. The summed E-state index contributed by atoms with van der Waals surface area (Å²) in [5, 5.41) is 14.0. The zero-order chi connectivity index (χ0) is 13.8. The van der Waals surface area contributed by atoms with Crippen LogP contribution in [0.15, 0.2) is 12.1 Å². The van der Waals surface area contributed by atoms with Crippen LogP contribution in [0, 0.1) is 10.1 Å². The number of hydrogen-bond donors (Lipinski definition) is 3. The molecule has 19 heavy (non-hydrogen) atoms. The third-order valence-electron chi connectivity index (χ3n) is 3.24. The summed E-state index contributed by atoms with van der Waals surface area (Å²) >= 11 is 0. The minimum Gasteiger partial charge on any atom is -0.381 e. The van der Waals surface area contributed by atoms with Crippen molar-refractivity contribution in [3.05, 3.63) is 22.2 Å². The van der Waals surface area contributed by atoms with Gasteiger partial charge in [-0.1, -0.05) is 0 Å². The average molecular weight is 267 g/mol. The number of nitro groups is 1. The average Bonchev–Trinajstić information content (AvgIpc) is 2.85. The first-order valence-electron chi connectivity index (χ1n) is 6.04. The lowest BCUT2D eigenvalue weighted by atomic mass is 10.2. The predicted octanol–water partition coefficient (Wildman–Crippen LogP) is 1.25. The van der Waals surface area contributed by atoms with Crippen molar-refractivity contribution in [2.24, 2.45) is 5.84 Å². The highest BCUT2D eigenvalue weighted by molar-refractivity contribution is 5.54. The molecular formula is C11H17N5O3. The van der Waals surface area contributed by atoms with E-state index in [0.717, 1.165) is 19.3 Å². The molecule has 0 radical (unpaired) electrons. The fourth-order valence-corrected chi connectivity index (χ4v) is 2.26. The van der Waals surface area contributed by atoms with Crippen molar-refractivity contribution < 1.29 is 9.66 Å². The van der Waals surface area contributed by atoms with Gasteiger partial charge < -0.3 is 15.5 Å². The van der Waals surface area contributed by atoms with Gasteiger partial charge in [0, 0.05) is 13.2 Å². The highest BCUT2D eigenvalue weighted by Crippen LogP contribution is 2.26. The number of anilines is 2. The van der Waals surface area contributed by atoms with Gasteiger partial charge >= 0.3 is 0 Å². The summed E-state index contributed by atoms with van der Waals surface area (Å²) in [6.07, 6.45) is 3.04. The van der Waals surface area contributed by atoms with Crippen molar-refractivity contribution in [3.63, 3.8) is 0 Å². The number of nitrogen functional groups attached to an aromatic ring is 1. The van der Waals surface area contributed by atoms with Crippen LogP contribution >= 0.6 is 0 Å². The molecular weight excluding hydrogens is 250 g/mol. The number of ether oxygens (including phenoxy) is 1. The first kappa shape index (κ1) is 13.5. The molecule has 1 heterocycles. The van der Waals surface area contributed by atoms with Gasteiger partial charge in [0.2, 0.25) is 0 Å². The minimum atomic E-state index is -0.472. The fourth-order valence-electron chi connectivity index (χ4n) is 2.26. The molecule has 1 fully saturated rings. The maximum Gasteiger partial charge on any atom is 0.276 e. The molecule has 2 unspecified atom stereocenters. The van der Waals surface area contributed by atoms with Gasteiger partial charge in [0.05, 0.1) is 23.2 Å². The van der Waals surface area contributed by atoms with Crippen molar-refractivity contribution in [3.8, 4) is 0 Å². The van der Waals surface area contributed by atoms with Crippen LogP contribution in [0.4, 0.5) is 17.3 Å². The van der Waals surface area contributed by atoms with Crippen LogP contribution in [0.5, 0.6) is 0 Å². The van der Waals surface area contributed by atoms with Crippen LogP contribution in [0.2, 0.25) is 0 Å². The Hall–Kier alpha value is -1.93. The molecule has 104 valence electrons. The van der Waals surface area contributed by atoms with Crippen LogP contribution in [-0.4, -0.2) is 29.2 Å². The Labute approximate surface area is 110 Å². The lowest BCUT2D eigenvalue weighted by Crippen LogP contribution is -2.19. The van der Waals surface area contributed by atoms with E-state index in [0.29, 0.717) is 5.82 Å². The third-order valence-corrected chi connectivity index (χ3v) is 3.24. The van der Waals surface area contributed by atoms with Gasteiger partial charge in [-0.15, -0.1) is 0 Å². The number of hydrazine groups is 1. The second-order valence-electron chi connectivity index (χ2n) is 4.51. The van der Waals surface area contributed by atoms with Crippen molar-refractivity contribution in [2.45, 2.75) is 31.4 Å². The van der Waals surface area contributed by atoms with E-state index in [1.807, 2.05) is 0 Å². The molecule has 0 aromatic carbocycles. The zero-order valence-electron chi connectivity index (χ0n) is 10.6. The lowest BCUT2D eigenvalue weighted by molar-refractivity contribution is -0.384. The molecule has 8 heteroatoms. The summed E-state index contributed by atoms with van der Waals surface area (Å²) in [6, 6.07) is 2.91. The van der Waals surface area contributed by atoms with E-state index in [2.05, 4.69) is 15.7 Å². The molecule has 1 aliphatic carbocycles. The number of hydrogen-bond acceptors (Lipinski definition) is 7. The fraction of sp³-hybridized carbons (Fsp3) is 0.545. The first-order valence-corrected chi connectivity index (χ1v) is 6.04. The van der Waals surface area contributed by atoms with Gasteiger partial charge in [-0.05, 0) is 19.3 Å². The van der Waals surface area contributed by atoms with Crippen molar-refractivity contribution in [1.82, 2.24) is 4.98 Å². The molecule has 0 saturated heterocycles. The topological polar surface area (TPSA) is 115 Å². The number of rotatable bonds is 5. The molecule has 0 spiro atoms. The van der Waals surface area contributed by atoms with E-state index < -0.39 is 4.92 Å². The van der Waals surface area contributed by atoms with E-state index in [9.17, 15) is 10.1 Å². The van der Waals surface area contributed by atoms with Gasteiger partial charge in [-0.3, -0.25) is 10.1 Å². The van der Waals surface area contributed by atoms with Crippen molar-refractivity contribution in [1.29, 1.82) is 0 Å². The van der Waals surface area contributed by atoms with Crippen LogP contribution in [-0.2, 0) is 4.74 Å². The minimum absolute atomic E-state index is 0.0493. The van der Waals surface area contributed by atoms with E-state index in [1.54, 1.807) is 7.11 Å². The number of nitrogens with one attached hydrogen (secondary N) is 2. The molecule has 0 bridgehead atoms. The van der Waals surface area contributed by atoms with Gasteiger partial charge in [-0.2, -0.15) is 0 Å². The summed E-state index contributed by atoms with van der Waals surface area (Å²) in [5.74, 6) is 5.97. The quantitative estimate of drug-likeness (QED) is 0.417. The summed E-state index contributed by atoms with van der Waals surface area (Å²) in [6.45, 7) is 0. The highest BCUT2D eigenvalue weighted by atomic mass is 16.6. The normalized spacial score (nSPS) is 22.2. The van der Waals surface area contributed by atoms with Gasteiger partial charge in [0.15, 0.2) is 0 Å². The number of aromatic nitrogens is 1. The first-order chi connectivity index (χ1) is 9.12. The van der Waals surface area contributed by atoms with Gasteiger partial charge in [0.1, 0.15) is 11.6 Å². The molecule has 4 N–H and O–H groups in total. The monoisotopic (exact) mass is 267 g/mol. The number of methoxy groups -OCH3 is 1. The van der Waals surface area contributed by atoms with E-state index in [-0.39, 0.29) is 23.7 Å². The summed E-state index contributed by atoms with van der Waals surface area (Å²) in [5.41, 5.74) is 2.28. The number of pyridine rings is 1. The Bertz CT molecular complexity index is 468.